The molecule has 2 saturated heterocycles. The third-order valence-corrected chi connectivity index (χ3v) is 8.80. The van der Waals surface area contributed by atoms with E-state index in [1.165, 1.54) is 25.5 Å². The molecule has 1 aliphatic carbocycles. The molecule has 1 saturated carbocycles. The third kappa shape index (κ3) is 2.98. The lowest BCUT2D eigenvalue weighted by Crippen LogP contribution is -2.60. The Bertz CT molecular complexity index is 1480. The fourth-order valence-electron chi connectivity index (χ4n) is 5.02. The van der Waals surface area contributed by atoms with Crippen molar-refractivity contribution in [1.82, 2.24) is 9.55 Å². The van der Waals surface area contributed by atoms with Crippen molar-refractivity contribution in [3.8, 4) is 11.1 Å². The van der Waals surface area contributed by atoms with Crippen LogP contribution in [0.3, 0.4) is 0 Å². The molecule has 0 amide bonds. The number of aryl methyl sites for hydroxylation is 1. The number of hydrogen-bond donors (Lipinski definition) is 2. The Kier molecular flexibility index (Phi) is 3.60. The van der Waals surface area contributed by atoms with Gasteiger partial charge in [-0.05, 0) is 37.1 Å². The van der Waals surface area contributed by atoms with Gasteiger partial charge in [0.05, 0.1) is 13.2 Å². The van der Waals surface area contributed by atoms with Gasteiger partial charge in [0.15, 0.2) is 0 Å². The van der Waals surface area contributed by atoms with Crippen LogP contribution in [-0.4, -0.2) is 49.5 Å². The summed E-state index contributed by atoms with van der Waals surface area (Å²) in [6.07, 6.45) is 6.61. The lowest BCUT2D eigenvalue weighted by Gasteiger charge is -2.57. The van der Waals surface area contributed by atoms with Crippen molar-refractivity contribution in [3.05, 3.63) is 47.0 Å². The maximum absolute atomic E-state index is 12.9. The average Bonchev–Trinajstić information content (AvgIpc) is 3.14. The molecule has 4 heterocycles. The van der Waals surface area contributed by atoms with Crippen LogP contribution in [0.5, 0.6) is 0 Å². The Hall–Kier alpha value is -2.78. The maximum Gasteiger partial charge on any atom is 0.274 e. The van der Waals surface area contributed by atoms with E-state index in [0.717, 1.165) is 23.3 Å². The number of pyridine rings is 1. The summed E-state index contributed by atoms with van der Waals surface area (Å²) in [4.78, 5) is 18.0. The molecule has 6 rings (SSSR count). The summed E-state index contributed by atoms with van der Waals surface area (Å²) < 4.78 is 57.5. The number of anilines is 2. The minimum atomic E-state index is -3.62. The van der Waals surface area contributed by atoms with Crippen LogP contribution in [0.4, 0.5) is 11.4 Å². The number of rotatable bonds is 5. The Labute approximate surface area is 190 Å². The molecule has 2 aromatic heterocycles. The lowest BCUT2D eigenvalue weighted by molar-refractivity contribution is 0.0418. The summed E-state index contributed by atoms with van der Waals surface area (Å²) in [7, 11) is -3.62. The Morgan fingerprint density at radius 3 is 2.69 bits per heavy atom. The minimum absolute atomic E-state index is 0.156. The van der Waals surface area contributed by atoms with E-state index in [2.05, 4.69) is 14.6 Å². The average molecular weight is 458 g/mol. The van der Waals surface area contributed by atoms with Gasteiger partial charge in [-0.3, -0.25) is 9.52 Å². The first-order valence-corrected chi connectivity index (χ1v) is 12.3. The Balaban J connectivity index is 1.50. The molecule has 32 heavy (non-hydrogen) atoms. The molecule has 1 aromatic carbocycles. The third-order valence-electron chi connectivity index (χ3n) is 7.13. The standard InChI is InChI=1S/C23H26N4O4S/c1-26-10-19(17-5-8-24-21(17)22(26)28)18-9-15(25-32(29,30)16-11-31-12-16)3-4-20(18)27-13-23(14-27)6-2-7-23/h3-5,8-10,16,24-25H,2,6-7,11-14H2,1H3/i1D3. The molecule has 2 N–H and O–H groups in total. The molecule has 0 atom stereocenters. The number of aromatic amines is 1. The highest BCUT2D eigenvalue weighted by Gasteiger charge is 2.47. The Morgan fingerprint density at radius 1 is 1.22 bits per heavy atom. The molecular weight excluding hydrogens is 428 g/mol. The van der Waals surface area contributed by atoms with Crippen molar-refractivity contribution in [1.29, 1.82) is 0 Å². The van der Waals surface area contributed by atoms with Crippen LogP contribution in [0.25, 0.3) is 22.0 Å². The molecule has 168 valence electrons. The van der Waals surface area contributed by atoms with Crippen molar-refractivity contribution in [3.63, 3.8) is 0 Å². The number of nitrogens with one attached hydrogen (secondary N) is 2. The second-order valence-electron chi connectivity index (χ2n) is 9.23. The highest BCUT2D eigenvalue weighted by molar-refractivity contribution is 7.93. The van der Waals surface area contributed by atoms with E-state index in [1.54, 1.807) is 24.4 Å². The molecule has 1 spiro atoms. The zero-order chi connectivity index (χ0) is 24.6. The van der Waals surface area contributed by atoms with Crippen LogP contribution in [0.2, 0.25) is 0 Å². The van der Waals surface area contributed by atoms with Crippen LogP contribution in [-0.2, 0) is 21.7 Å². The molecular formula is C23H26N4O4S. The van der Waals surface area contributed by atoms with Gasteiger partial charge >= 0.3 is 0 Å². The van der Waals surface area contributed by atoms with Crippen LogP contribution < -0.4 is 15.2 Å². The van der Waals surface area contributed by atoms with E-state index in [4.69, 9.17) is 8.85 Å². The number of sulfonamides is 1. The topological polar surface area (TPSA) is 96.4 Å². The molecule has 0 bridgehead atoms. The monoisotopic (exact) mass is 457 g/mol. The van der Waals surface area contributed by atoms with E-state index in [1.807, 2.05) is 6.07 Å². The molecule has 0 unspecified atom stereocenters. The van der Waals surface area contributed by atoms with Crippen LogP contribution >= 0.6 is 0 Å². The number of hydrogen-bond acceptors (Lipinski definition) is 5. The SMILES string of the molecule is [2H]C([2H])([2H])n1cc(-c2cc(NS(=O)(=O)C3COC3)ccc2N2CC3(CCC3)C2)c2cc[nH]c2c1=O. The fourth-order valence-corrected chi connectivity index (χ4v) is 6.19. The van der Waals surface area contributed by atoms with Crippen LogP contribution in [0, 0.1) is 5.41 Å². The van der Waals surface area contributed by atoms with Crippen molar-refractivity contribution < 1.29 is 17.3 Å². The highest BCUT2D eigenvalue weighted by Crippen LogP contribution is 2.51. The molecule has 3 fully saturated rings. The van der Waals surface area contributed by atoms with Crippen LogP contribution in [0.15, 0.2) is 41.5 Å². The summed E-state index contributed by atoms with van der Waals surface area (Å²) in [5, 5.41) is -0.0173. The van der Waals surface area contributed by atoms with Gasteiger partial charge in [-0.25, -0.2) is 8.42 Å². The number of H-pyrrole nitrogens is 1. The minimum Gasteiger partial charge on any atom is -0.378 e. The maximum atomic E-state index is 12.9. The van der Waals surface area contributed by atoms with E-state index >= 15 is 0 Å². The molecule has 2 aliphatic heterocycles. The summed E-state index contributed by atoms with van der Waals surface area (Å²) in [5.74, 6) is 0. The van der Waals surface area contributed by atoms with Gasteiger partial charge in [0.2, 0.25) is 10.0 Å². The lowest BCUT2D eigenvalue weighted by atomic mass is 9.63. The molecule has 9 heteroatoms. The predicted octanol–water partition coefficient (Wildman–Crippen LogP) is 2.66. The number of nitrogens with zero attached hydrogens (tertiary/aromatic N) is 2. The number of fused-ring (bicyclic) bond motifs is 1. The molecule has 3 aromatic rings. The van der Waals surface area contributed by atoms with E-state index in [0.29, 0.717) is 27.6 Å². The van der Waals surface area contributed by atoms with Gasteiger partial charge < -0.3 is 19.2 Å². The normalized spacial score (nSPS) is 21.9. The van der Waals surface area contributed by atoms with Gasteiger partial charge in [0.1, 0.15) is 10.8 Å². The van der Waals surface area contributed by atoms with Crippen molar-refractivity contribution in [2.75, 3.05) is 35.9 Å². The van der Waals surface area contributed by atoms with Gasteiger partial charge in [-0.2, -0.15) is 0 Å². The van der Waals surface area contributed by atoms with Crippen molar-refractivity contribution in [2.45, 2.75) is 24.5 Å². The molecule has 0 radical (unpaired) electrons. The zero-order valence-electron chi connectivity index (χ0n) is 20.4. The smallest absolute Gasteiger partial charge is 0.274 e. The zero-order valence-corrected chi connectivity index (χ0v) is 18.2. The molecule has 3 aliphatic rings. The number of benzene rings is 1. The van der Waals surface area contributed by atoms with E-state index < -0.39 is 27.8 Å². The first kappa shape index (κ1) is 16.8. The second-order valence-corrected chi connectivity index (χ2v) is 11.2. The largest absolute Gasteiger partial charge is 0.378 e. The summed E-state index contributed by atoms with van der Waals surface area (Å²) >= 11 is 0. The first-order valence-electron chi connectivity index (χ1n) is 12.3. The predicted molar refractivity (Wildman–Crippen MR) is 125 cm³/mol. The summed E-state index contributed by atoms with van der Waals surface area (Å²) in [6, 6.07) is 7.08. The second kappa shape index (κ2) is 6.86. The van der Waals surface area contributed by atoms with E-state index in [-0.39, 0.29) is 18.7 Å². The number of aromatic nitrogens is 2. The Morgan fingerprint density at radius 2 is 2.03 bits per heavy atom. The van der Waals surface area contributed by atoms with Crippen molar-refractivity contribution >= 4 is 32.3 Å². The van der Waals surface area contributed by atoms with Gasteiger partial charge in [0.25, 0.3) is 5.56 Å². The van der Waals surface area contributed by atoms with Gasteiger partial charge in [0, 0.05) is 69.9 Å². The van der Waals surface area contributed by atoms with Crippen molar-refractivity contribution in [2.24, 2.45) is 12.4 Å². The quantitative estimate of drug-likeness (QED) is 0.614. The highest BCUT2D eigenvalue weighted by atomic mass is 32.2. The summed E-state index contributed by atoms with van der Waals surface area (Å²) in [6.45, 7) is -0.548. The van der Waals surface area contributed by atoms with Gasteiger partial charge in [-0.1, -0.05) is 6.42 Å². The fraction of sp³-hybridized carbons (Fsp3) is 0.435. The number of ether oxygens (including phenoxy) is 1. The molecule has 8 nitrogen and oxygen atoms in total. The van der Waals surface area contributed by atoms with E-state index in [9.17, 15) is 13.2 Å². The van der Waals surface area contributed by atoms with Gasteiger partial charge in [-0.15, -0.1) is 0 Å². The first-order chi connectivity index (χ1) is 16.6. The summed E-state index contributed by atoms with van der Waals surface area (Å²) in [5.41, 5.74) is 2.40. The van der Waals surface area contributed by atoms with Crippen LogP contribution in [0.1, 0.15) is 23.4 Å².